The summed E-state index contributed by atoms with van der Waals surface area (Å²) in [5.74, 6) is -0.236. The van der Waals surface area contributed by atoms with Crippen molar-refractivity contribution < 1.29 is 21.9 Å². The molecule has 21 heavy (non-hydrogen) atoms. The smallest absolute Gasteiger partial charge is 0.243 e. The topological polar surface area (TPSA) is 91.8 Å². The van der Waals surface area contributed by atoms with E-state index in [1.165, 1.54) is 13.1 Å². The van der Waals surface area contributed by atoms with Crippen LogP contribution in [0.4, 0.5) is 0 Å². The number of hydrogen-bond acceptors (Lipinski definition) is 5. The maximum atomic E-state index is 12.5. The summed E-state index contributed by atoms with van der Waals surface area (Å²) < 4.78 is 48.3. The molecule has 1 rings (SSSR count). The number of aliphatic hydroxyl groups is 1. The van der Waals surface area contributed by atoms with E-state index in [1.54, 1.807) is 19.9 Å². The van der Waals surface area contributed by atoms with Gasteiger partial charge >= 0.3 is 0 Å². The maximum absolute atomic E-state index is 12.5. The summed E-state index contributed by atoms with van der Waals surface area (Å²) in [7, 11) is -5.68. The number of rotatable bonds is 6. The van der Waals surface area contributed by atoms with Crippen molar-refractivity contribution in [3.8, 4) is 0 Å². The van der Waals surface area contributed by atoms with Crippen LogP contribution in [0.1, 0.15) is 16.7 Å². The quantitative estimate of drug-likeness (QED) is 0.815. The van der Waals surface area contributed by atoms with Crippen molar-refractivity contribution in [2.75, 3.05) is 25.6 Å². The van der Waals surface area contributed by atoms with Gasteiger partial charge in [0.25, 0.3) is 0 Å². The monoisotopic (exact) mass is 335 g/mol. The van der Waals surface area contributed by atoms with Crippen LogP contribution in [-0.2, 0) is 26.5 Å². The van der Waals surface area contributed by atoms with E-state index in [2.05, 4.69) is 0 Å². The van der Waals surface area contributed by atoms with Gasteiger partial charge in [0, 0.05) is 19.8 Å². The normalized spacial score (nSPS) is 12.9. The van der Waals surface area contributed by atoms with Crippen LogP contribution < -0.4 is 0 Å². The Hall–Kier alpha value is -0.960. The average Bonchev–Trinajstić information content (AvgIpc) is 2.34. The van der Waals surface area contributed by atoms with Crippen LogP contribution in [0.15, 0.2) is 17.0 Å². The molecule has 0 fully saturated rings. The van der Waals surface area contributed by atoms with Crippen LogP contribution in [-0.4, -0.2) is 51.8 Å². The van der Waals surface area contributed by atoms with E-state index in [1.807, 2.05) is 0 Å². The average molecular weight is 335 g/mol. The highest BCUT2D eigenvalue weighted by Crippen LogP contribution is 2.23. The van der Waals surface area contributed by atoms with Gasteiger partial charge in [0.2, 0.25) is 10.0 Å². The molecule has 1 aromatic carbocycles. The molecule has 0 unspecified atom stereocenters. The summed E-state index contributed by atoms with van der Waals surface area (Å²) in [5.41, 5.74) is 1.92. The first kappa shape index (κ1) is 18.1. The minimum absolute atomic E-state index is 0.0909. The van der Waals surface area contributed by atoms with Gasteiger partial charge in [0.15, 0.2) is 0 Å². The molecule has 0 aliphatic heterocycles. The van der Waals surface area contributed by atoms with Crippen LogP contribution >= 0.6 is 0 Å². The molecule has 0 bridgehead atoms. The van der Waals surface area contributed by atoms with Gasteiger partial charge in [0.05, 0.1) is 17.3 Å². The lowest BCUT2D eigenvalue weighted by atomic mass is 10.1. The van der Waals surface area contributed by atoms with Crippen molar-refractivity contribution in [2.24, 2.45) is 0 Å². The number of hydrogen-bond donors (Lipinski definition) is 1. The van der Waals surface area contributed by atoms with Gasteiger partial charge in [-0.3, -0.25) is 0 Å². The van der Waals surface area contributed by atoms with Crippen molar-refractivity contribution in [3.05, 3.63) is 28.8 Å². The zero-order chi connectivity index (χ0) is 16.4. The third kappa shape index (κ3) is 4.50. The molecule has 0 aromatic heterocycles. The number of aryl methyl sites for hydroxylation is 2. The van der Waals surface area contributed by atoms with Crippen LogP contribution in [0.25, 0.3) is 0 Å². The van der Waals surface area contributed by atoms with Crippen molar-refractivity contribution in [3.63, 3.8) is 0 Å². The lowest BCUT2D eigenvalue weighted by Gasteiger charge is -2.19. The molecule has 120 valence electrons. The van der Waals surface area contributed by atoms with Crippen molar-refractivity contribution in [1.29, 1.82) is 0 Å². The van der Waals surface area contributed by atoms with Crippen molar-refractivity contribution in [1.82, 2.24) is 4.31 Å². The minimum Gasteiger partial charge on any atom is -0.392 e. The molecule has 0 amide bonds. The fraction of sp³-hybridized carbons (Fsp3) is 0.538. The van der Waals surface area contributed by atoms with E-state index in [4.69, 9.17) is 0 Å². The second-order valence-corrected chi connectivity index (χ2v) is 9.43. The molecule has 0 radical (unpaired) electrons. The summed E-state index contributed by atoms with van der Waals surface area (Å²) in [6, 6.07) is 3.14. The maximum Gasteiger partial charge on any atom is 0.243 e. The molecule has 8 heteroatoms. The summed E-state index contributed by atoms with van der Waals surface area (Å²) in [5, 5.41) is 9.26. The Labute approximate surface area is 126 Å². The van der Waals surface area contributed by atoms with Gasteiger partial charge < -0.3 is 5.11 Å². The van der Waals surface area contributed by atoms with Gasteiger partial charge in [-0.1, -0.05) is 6.07 Å². The first-order chi connectivity index (χ1) is 9.49. The van der Waals surface area contributed by atoms with Crippen LogP contribution in [0, 0.1) is 13.8 Å². The Kier molecular flexibility index (Phi) is 5.54. The Morgan fingerprint density at radius 3 is 2.14 bits per heavy atom. The van der Waals surface area contributed by atoms with Crippen molar-refractivity contribution in [2.45, 2.75) is 25.3 Å². The fourth-order valence-electron chi connectivity index (χ4n) is 1.91. The van der Waals surface area contributed by atoms with Gasteiger partial charge in [-0.15, -0.1) is 0 Å². The van der Waals surface area contributed by atoms with E-state index in [0.29, 0.717) is 11.1 Å². The Morgan fingerprint density at radius 2 is 1.67 bits per heavy atom. The molecular formula is C13H21NO5S2. The highest BCUT2D eigenvalue weighted by molar-refractivity contribution is 7.91. The molecule has 0 atom stereocenters. The summed E-state index contributed by atoms with van der Waals surface area (Å²) in [6.07, 6.45) is 1.06. The molecule has 0 saturated heterocycles. The largest absolute Gasteiger partial charge is 0.392 e. The second kappa shape index (κ2) is 6.43. The zero-order valence-corrected chi connectivity index (χ0v) is 14.3. The number of aliphatic hydroxyl groups excluding tert-OH is 1. The Balaban J connectivity index is 3.19. The van der Waals surface area contributed by atoms with Gasteiger partial charge in [-0.2, -0.15) is 4.31 Å². The Morgan fingerprint density at radius 1 is 1.10 bits per heavy atom. The molecular weight excluding hydrogens is 314 g/mol. The third-order valence-electron chi connectivity index (χ3n) is 3.27. The Bertz CT molecular complexity index is 723. The molecule has 1 aromatic rings. The van der Waals surface area contributed by atoms with Crippen LogP contribution in [0.3, 0.4) is 0 Å². The van der Waals surface area contributed by atoms with Crippen LogP contribution in [0.2, 0.25) is 0 Å². The lowest BCUT2D eigenvalue weighted by Crippen LogP contribution is -2.32. The van der Waals surface area contributed by atoms with Gasteiger partial charge in [-0.25, -0.2) is 16.8 Å². The number of nitrogens with zero attached hydrogens (tertiary/aromatic N) is 1. The molecule has 0 aliphatic carbocycles. The lowest BCUT2D eigenvalue weighted by molar-refractivity contribution is 0.280. The molecule has 6 nitrogen and oxygen atoms in total. The summed E-state index contributed by atoms with van der Waals surface area (Å²) >= 11 is 0. The predicted octanol–water partition coefficient (Wildman–Crippen LogP) is 0.461. The number of benzene rings is 1. The van der Waals surface area contributed by atoms with Crippen molar-refractivity contribution >= 4 is 19.9 Å². The first-order valence-corrected chi connectivity index (χ1v) is 9.84. The number of sulfonamides is 1. The van der Waals surface area contributed by atoms with E-state index in [0.717, 1.165) is 16.1 Å². The van der Waals surface area contributed by atoms with E-state index < -0.39 is 19.9 Å². The molecule has 0 spiro atoms. The highest BCUT2D eigenvalue weighted by atomic mass is 32.2. The number of sulfone groups is 1. The molecule has 0 saturated carbocycles. The fourth-order valence-corrected chi connectivity index (χ4v) is 4.05. The minimum atomic E-state index is -3.78. The predicted molar refractivity (Wildman–Crippen MR) is 81.4 cm³/mol. The third-order valence-corrected chi connectivity index (χ3v) is 6.19. The van der Waals surface area contributed by atoms with E-state index in [9.17, 15) is 21.9 Å². The van der Waals surface area contributed by atoms with E-state index >= 15 is 0 Å². The van der Waals surface area contributed by atoms with E-state index in [-0.39, 0.29) is 23.8 Å². The molecule has 0 aliphatic rings. The molecule has 1 N–H and O–H groups in total. The second-order valence-electron chi connectivity index (χ2n) is 5.16. The SMILES string of the molecule is Cc1cc(C)c(S(=O)(=O)N(C)CCS(C)(=O)=O)cc1CO. The highest BCUT2D eigenvalue weighted by Gasteiger charge is 2.24. The zero-order valence-electron chi connectivity index (χ0n) is 12.6. The first-order valence-electron chi connectivity index (χ1n) is 6.34. The molecule has 0 heterocycles. The van der Waals surface area contributed by atoms with Gasteiger partial charge in [0.1, 0.15) is 9.84 Å². The standard InChI is InChI=1S/C13H21NO5S2/c1-10-7-11(2)13(8-12(10)9-15)21(18,19)14(3)5-6-20(4,16)17/h7-8,15H,5-6,9H2,1-4H3. The van der Waals surface area contributed by atoms with Gasteiger partial charge in [-0.05, 0) is 36.6 Å². The van der Waals surface area contributed by atoms with Crippen LogP contribution in [0.5, 0.6) is 0 Å². The summed E-state index contributed by atoms with van der Waals surface area (Å²) in [4.78, 5) is 0.0909. The summed E-state index contributed by atoms with van der Waals surface area (Å²) in [6.45, 7) is 3.11.